The summed E-state index contributed by atoms with van der Waals surface area (Å²) in [4.78, 5) is 12.5. The Hall–Kier alpha value is -1.86. The first-order valence-corrected chi connectivity index (χ1v) is 7.52. The van der Waals surface area contributed by atoms with Crippen molar-refractivity contribution >= 4 is 11.6 Å². The highest BCUT2D eigenvalue weighted by Gasteiger charge is 2.25. The minimum absolute atomic E-state index is 0.0216. The van der Waals surface area contributed by atoms with Gasteiger partial charge in [0.25, 0.3) is 5.56 Å². The molecule has 1 aromatic carbocycles. The number of benzene rings is 1. The van der Waals surface area contributed by atoms with Crippen LogP contribution < -0.4 is 10.3 Å². The molecule has 0 N–H and O–H groups in total. The van der Waals surface area contributed by atoms with Crippen molar-refractivity contribution in [1.29, 1.82) is 0 Å². The van der Waals surface area contributed by atoms with Gasteiger partial charge in [0.1, 0.15) is 11.0 Å². The molecule has 5 nitrogen and oxygen atoms in total. The summed E-state index contributed by atoms with van der Waals surface area (Å²) in [7, 11) is 1.38. The van der Waals surface area contributed by atoms with E-state index in [1.807, 2.05) is 0 Å². The van der Waals surface area contributed by atoms with Crippen LogP contribution >= 0.6 is 11.6 Å². The highest BCUT2D eigenvalue weighted by atomic mass is 35.5. The molecule has 0 atom stereocenters. The van der Waals surface area contributed by atoms with Gasteiger partial charge in [-0.3, -0.25) is 9.48 Å². The molecule has 0 saturated heterocycles. The molecule has 0 saturated carbocycles. The summed E-state index contributed by atoms with van der Waals surface area (Å²) in [6, 6.07) is 1.82. The van der Waals surface area contributed by atoms with Gasteiger partial charge in [-0.2, -0.15) is 0 Å². The zero-order valence-corrected chi connectivity index (χ0v) is 13.2. The Morgan fingerprint density at radius 2 is 1.87 bits per heavy atom. The van der Waals surface area contributed by atoms with Gasteiger partial charge < -0.3 is 9.47 Å². The number of ether oxygens (including phenoxy) is 2. The van der Waals surface area contributed by atoms with Crippen molar-refractivity contribution in [3.8, 4) is 16.9 Å². The topological polar surface area (TPSA) is 45.4 Å². The van der Waals surface area contributed by atoms with E-state index in [9.17, 15) is 13.6 Å². The summed E-state index contributed by atoms with van der Waals surface area (Å²) in [5.74, 6) is -1.94. The van der Waals surface area contributed by atoms with Crippen molar-refractivity contribution in [3.63, 3.8) is 0 Å². The van der Waals surface area contributed by atoms with Crippen LogP contribution in [0.25, 0.3) is 11.1 Å². The molecule has 0 aliphatic carbocycles. The third-order valence-corrected chi connectivity index (χ3v) is 4.17. The van der Waals surface area contributed by atoms with Gasteiger partial charge in [0.15, 0.2) is 18.4 Å². The Balaban J connectivity index is 2.15. The van der Waals surface area contributed by atoms with Gasteiger partial charge in [-0.15, -0.1) is 0 Å². The fraction of sp³-hybridized carbons (Fsp3) is 0.400. The van der Waals surface area contributed by atoms with Crippen LogP contribution in [0.1, 0.15) is 12.8 Å². The quantitative estimate of drug-likeness (QED) is 0.801. The van der Waals surface area contributed by atoms with Crippen molar-refractivity contribution in [2.75, 3.05) is 13.9 Å². The Morgan fingerprint density at radius 1 is 1.17 bits per heavy atom. The first-order chi connectivity index (χ1) is 11.0. The predicted molar refractivity (Wildman–Crippen MR) is 80.8 cm³/mol. The Kier molecular flexibility index (Phi) is 4.41. The van der Waals surface area contributed by atoms with E-state index < -0.39 is 17.2 Å². The lowest BCUT2D eigenvalue weighted by molar-refractivity contribution is 0.0482. The number of fused-ring (bicyclic) bond motifs is 1. The summed E-state index contributed by atoms with van der Waals surface area (Å²) >= 11 is 6.27. The molecule has 1 aliphatic rings. The molecule has 8 heteroatoms. The van der Waals surface area contributed by atoms with Crippen molar-refractivity contribution in [3.05, 3.63) is 39.3 Å². The maximum atomic E-state index is 14.2. The highest BCUT2D eigenvalue weighted by molar-refractivity contribution is 6.32. The third-order valence-electron chi connectivity index (χ3n) is 3.79. The molecule has 0 radical (unpaired) electrons. The second kappa shape index (κ2) is 6.33. The Morgan fingerprint density at radius 3 is 2.52 bits per heavy atom. The number of halogens is 3. The lowest BCUT2D eigenvalue weighted by atomic mass is 10.1. The summed E-state index contributed by atoms with van der Waals surface area (Å²) < 4.78 is 40.9. The molecule has 0 unspecified atom stereocenters. The highest BCUT2D eigenvalue weighted by Crippen LogP contribution is 2.33. The van der Waals surface area contributed by atoms with Crippen molar-refractivity contribution in [2.24, 2.45) is 0 Å². The van der Waals surface area contributed by atoms with Crippen LogP contribution in [0.5, 0.6) is 5.75 Å². The van der Waals surface area contributed by atoms with Crippen molar-refractivity contribution < 1.29 is 18.3 Å². The first kappa shape index (κ1) is 16.0. The molecule has 23 heavy (non-hydrogen) atoms. The van der Waals surface area contributed by atoms with Crippen LogP contribution in [0.15, 0.2) is 16.9 Å². The number of nitrogens with zero attached hydrogens (tertiary/aromatic N) is 2. The first-order valence-electron chi connectivity index (χ1n) is 7.15. The van der Waals surface area contributed by atoms with Crippen LogP contribution in [0, 0.1) is 11.6 Å². The second-order valence-electron chi connectivity index (χ2n) is 5.24. The second-order valence-corrected chi connectivity index (χ2v) is 5.60. The van der Waals surface area contributed by atoms with E-state index in [-0.39, 0.29) is 28.8 Å². The van der Waals surface area contributed by atoms with Crippen LogP contribution in [0.2, 0.25) is 5.15 Å². The fourth-order valence-electron chi connectivity index (χ4n) is 2.71. The zero-order chi connectivity index (χ0) is 16.6. The minimum Gasteiger partial charge on any atom is -0.464 e. The molecule has 0 fully saturated rings. The number of methoxy groups -OCH3 is 1. The summed E-state index contributed by atoms with van der Waals surface area (Å²) in [5.41, 5.74) is -0.451. The molecule has 3 rings (SSSR count). The minimum atomic E-state index is -0.872. The molecule has 0 bridgehead atoms. The molecule has 0 amide bonds. The zero-order valence-electron chi connectivity index (χ0n) is 12.4. The smallest absolute Gasteiger partial charge is 0.276 e. The average molecular weight is 345 g/mol. The molecular weight excluding hydrogens is 330 g/mol. The molecular formula is C15H15ClF2N2O3. The maximum Gasteiger partial charge on any atom is 0.276 e. The van der Waals surface area contributed by atoms with Gasteiger partial charge in [-0.05, 0) is 18.9 Å². The molecule has 0 spiro atoms. The monoisotopic (exact) mass is 344 g/mol. The average Bonchev–Trinajstić information content (AvgIpc) is 2.79. The van der Waals surface area contributed by atoms with Crippen molar-refractivity contribution in [2.45, 2.75) is 25.9 Å². The number of aromatic nitrogens is 2. The number of rotatable bonds is 4. The van der Waals surface area contributed by atoms with Gasteiger partial charge in [-0.25, -0.2) is 13.5 Å². The SMILES string of the molecule is COCOc1cc(-c2c(Cl)n3n(c2=O)CCCC3)c(F)cc1F. The normalized spacial score (nSPS) is 13.9. The predicted octanol–water partition coefficient (Wildman–Crippen LogP) is 3.02. The van der Waals surface area contributed by atoms with E-state index in [2.05, 4.69) is 0 Å². The molecule has 2 heterocycles. The Labute approximate surface area is 136 Å². The van der Waals surface area contributed by atoms with Crippen LogP contribution in [0.3, 0.4) is 0 Å². The van der Waals surface area contributed by atoms with E-state index in [4.69, 9.17) is 21.1 Å². The molecule has 1 aliphatic heterocycles. The van der Waals surface area contributed by atoms with E-state index >= 15 is 0 Å². The van der Waals surface area contributed by atoms with E-state index in [1.54, 1.807) is 4.68 Å². The van der Waals surface area contributed by atoms with Crippen LogP contribution in [-0.4, -0.2) is 23.3 Å². The Bertz CT molecular complexity index is 801. The van der Waals surface area contributed by atoms with E-state index in [1.165, 1.54) is 11.8 Å². The van der Waals surface area contributed by atoms with Gasteiger partial charge in [-0.1, -0.05) is 11.6 Å². The summed E-state index contributed by atoms with van der Waals surface area (Å²) in [6.07, 6.45) is 1.75. The number of hydrogen-bond donors (Lipinski definition) is 0. The standard InChI is InChI=1S/C15H15ClF2N2O3/c1-22-8-23-12-6-9(10(17)7-11(12)18)13-14(16)19-4-2-3-5-20(19)15(13)21/h6-7H,2-5,8H2,1H3. The molecule has 2 aromatic rings. The van der Waals surface area contributed by atoms with E-state index in [0.717, 1.165) is 18.9 Å². The molecule has 124 valence electrons. The lowest BCUT2D eigenvalue weighted by Crippen LogP contribution is -2.27. The fourth-order valence-corrected chi connectivity index (χ4v) is 3.06. The van der Waals surface area contributed by atoms with Gasteiger partial charge in [0, 0.05) is 31.8 Å². The largest absolute Gasteiger partial charge is 0.464 e. The van der Waals surface area contributed by atoms with Gasteiger partial charge >= 0.3 is 0 Å². The molecule has 1 aromatic heterocycles. The third kappa shape index (κ3) is 2.74. The summed E-state index contributed by atoms with van der Waals surface area (Å²) in [5, 5.41) is 0.151. The van der Waals surface area contributed by atoms with Gasteiger partial charge in [0.05, 0.1) is 5.56 Å². The van der Waals surface area contributed by atoms with Crippen molar-refractivity contribution in [1.82, 2.24) is 9.36 Å². The number of hydrogen-bond acceptors (Lipinski definition) is 3. The van der Waals surface area contributed by atoms with E-state index in [0.29, 0.717) is 19.2 Å². The maximum absolute atomic E-state index is 14.2. The van der Waals surface area contributed by atoms with Crippen LogP contribution in [0.4, 0.5) is 8.78 Å². The van der Waals surface area contributed by atoms with Crippen LogP contribution in [-0.2, 0) is 17.8 Å². The van der Waals surface area contributed by atoms with Gasteiger partial charge in [0.2, 0.25) is 0 Å². The summed E-state index contributed by atoms with van der Waals surface area (Å²) in [6.45, 7) is 0.916. The lowest BCUT2D eigenvalue weighted by Gasteiger charge is -2.17.